The van der Waals surface area contributed by atoms with E-state index in [-0.39, 0.29) is 11.8 Å². The van der Waals surface area contributed by atoms with Gasteiger partial charge in [0.2, 0.25) is 10.0 Å². The second kappa shape index (κ2) is 7.73. The monoisotopic (exact) mass is 471 g/mol. The second-order valence-electron chi connectivity index (χ2n) is 7.98. The summed E-state index contributed by atoms with van der Waals surface area (Å²) in [6, 6.07) is 1.95. The van der Waals surface area contributed by atoms with Gasteiger partial charge >= 0.3 is 0 Å². The molecule has 2 fully saturated rings. The van der Waals surface area contributed by atoms with Crippen LogP contribution in [0.1, 0.15) is 17.7 Å². The number of fused-ring (bicyclic) bond motifs is 2. The van der Waals surface area contributed by atoms with E-state index in [1.807, 2.05) is 6.07 Å². The van der Waals surface area contributed by atoms with Gasteiger partial charge in [0.15, 0.2) is 11.6 Å². The average Bonchev–Trinajstić information content (AvgIpc) is 3.43. The molecule has 12 heteroatoms. The van der Waals surface area contributed by atoms with Crippen molar-refractivity contribution in [3.63, 3.8) is 0 Å². The molecule has 166 valence electrons. The highest BCUT2D eigenvalue weighted by Crippen LogP contribution is 2.36. The molecule has 0 unspecified atom stereocenters. The van der Waals surface area contributed by atoms with E-state index in [1.165, 1.54) is 11.3 Å². The quantitative estimate of drug-likeness (QED) is 0.438. The average molecular weight is 472 g/mol. The number of nitrogens with one attached hydrogen (secondary N) is 2. The van der Waals surface area contributed by atoms with E-state index in [2.05, 4.69) is 24.8 Å². The Morgan fingerprint density at radius 2 is 2.03 bits per heavy atom. The van der Waals surface area contributed by atoms with Crippen molar-refractivity contribution in [2.75, 3.05) is 31.2 Å². The third-order valence-corrected chi connectivity index (χ3v) is 8.75. The predicted molar refractivity (Wildman–Crippen MR) is 122 cm³/mol. The Kier molecular flexibility index (Phi) is 4.82. The Morgan fingerprint density at radius 3 is 2.84 bits per heavy atom. The number of pyridine rings is 1. The Balaban J connectivity index is 1.44. The maximum absolute atomic E-state index is 12.3. The number of sulfonamides is 1. The Labute approximate surface area is 188 Å². The number of thiophene rings is 1. The van der Waals surface area contributed by atoms with Crippen LogP contribution in [0.2, 0.25) is 0 Å². The van der Waals surface area contributed by atoms with Gasteiger partial charge in [-0.25, -0.2) is 23.1 Å². The summed E-state index contributed by atoms with van der Waals surface area (Å²) in [5.74, 6) is 1.41. The predicted octanol–water partition coefficient (Wildman–Crippen LogP) is 2.05. The maximum atomic E-state index is 12.3. The first kappa shape index (κ1) is 20.0. The standard InChI is InChI=1S/C20H21N7O3S2/c28-32(29,13-1-2-13)23-8-12-7-16-18(31-12)20(27-3-5-30-6-4-27)25-19(24-16)15-9-21-11-17-14(15)10-22-26-17/h7,9-11,13,23H,1-6,8H2,(H,22,26). The molecule has 2 N–H and O–H groups in total. The number of ether oxygens (including phenoxy) is 1. The molecule has 0 bridgehead atoms. The van der Waals surface area contributed by atoms with Gasteiger partial charge in [0.05, 0.1) is 46.6 Å². The fraction of sp³-hybridized carbons (Fsp3) is 0.400. The molecule has 32 heavy (non-hydrogen) atoms. The zero-order chi connectivity index (χ0) is 21.7. The van der Waals surface area contributed by atoms with Gasteiger partial charge in [0.25, 0.3) is 0 Å². The molecule has 0 aromatic carbocycles. The largest absolute Gasteiger partial charge is 0.378 e. The van der Waals surface area contributed by atoms with Gasteiger partial charge in [-0.2, -0.15) is 5.10 Å². The lowest BCUT2D eigenvalue weighted by atomic mass is 10.2. The van der Waals surface area contributed by atoms with Crippen LogP contribution < -0.4 is 9.62 Å². The molecule has 4 aromatic rings. The first-order chi connectivity index (χ1) is 15.6. The lowest BCUT2D eigenvalue weighted by Crippen LogP contribution is -2.36. The van der Waals surface area contributed by atoms with Crippen molar-refractivity contribution in [1.29, 1.82) is 0 Å². The van der Waals surface area contributed by atoms with Gasteiger partial charge in [-0.05, 0) is 18.9 Å². The van der Waals surface area contributed by atoms with Gasteiger partial charge in [0, 0.05) is 41.7 Å². The topological polar surface area (TPSA) is 126 Å². The molecule has 1 aliphatic heterocycles. The second-order valence-corrected chi connectivity index (χ2v) is 11.2. The first-order valence-electron chi connectivity index (χ1n) is 10.5. The van der Waals surface area contributed by atoms with Crippen LogP contribution in [-0.4, -0.2) is 65.1 Å². The van der Waals surface area contributed by atoms with Crippen molar-refractivity contribution >= 4 is 48.3 Å². The van der Waals surface area contributed by atoms with Crippen molar-refractivity contribution in [3.05, 3.63) is 29.5 Å². The van der Waals surface area contributed by atoms with E-state index in [1.54, 1.807) is 18.6 Å². The highest BCUT2D eigenvalue weighted by molar-refractivity contribution is 7.90. The van der Waals surface area contributed by atoms with Crippen LogP contribution in [0.15, 0.2) is 24.7 Å². The van der Waals surface area contributed by atoms with Gasteiger partial charge in [0.1, 0.15) is 0 Å². The number of nitrogens with zero attached hydrogens (tertiary/aromatic N) is 5. The summed E-state index contributed by atoms with van der Waals surface area (Å²) in [4.78, 5) is 17.2. The van der Waals surface area contributed by atoms with Crippen LogP contribution in [0.4, 0.5) is 5.82 Å². The highest BCUT2D eigenvalue weighted by atomic mass is 32.2. The van der Waals surface area contributed by atoms with E-state index < -0.39 is 10.0 Å². The van der Waals surface area contributed by atoms with Crippen molar-refractivity contribution < 1.29 is 13.2 Å². The van der Waals surface area contributed by atoms with E-state index in [4.69, 9.17) is 14.7 Å². The SMILES string of the molecule is O=S(=O)(NCc1cc2nc(-c3cncc4[nH]ncc34)nc(N3CCOCC3)c2s1)C1CC1. The van der Waals surface area contributed by atoms with Crippen LogP contribution in [0.3, 0.4) is 0 Å². The molecule has 0 atom stereocenters. The van der Waals surface area contributed by atoms with Crippen LogP contribution in [0.5, 0.6) is 0 Å². The molecule has 6 rings (SSSR count). The van der Waals surface area contributed by atoms with Crippen LogP contribution in [0, 0.1) is 0 Å². The summed E-state index contributed by atoms with van der Waals surface area (Å²) < 4.78 is 33.7. The Morgan fingerprint density at radius 1 is 1.19 bits per heavy atom. The van der Waals surface area contributed by atoms with E-state index >= 15 is 0 Å². The molecule has 10 nitrogen and oxygen atoms in total. The molecule has 1 saturated carbocycles. The number of rotatable bonds is 6. The van der Waals surface area contributed by atoms with Crippen molar-refractivity contribution in [2.24, 2.45) is 0 Å². The molecule has 1 aliphatic carbocycles. The molecule has 0 amide bonds. The zero-order valence-electron chi connectivity index (χ0n) is 17.1. The summed E-state index contributed by atoms with van der Waals surface area (Å²) in [5.41, 5.74) is 2.41. The van der Waals surface area contributed by atoms with Crippen LogP contribution in [0.25, 0.3) is 32.5 Å². The van der Waals surface area contributed by atoms with E-state index in [0.717, 1.165) is 63.3 Å². The number of H-pyrrole nitrogens is 1. The molecule has 0 spiro atoms. The van der Waals surface area contributed by atoms with Crippen molar-refractivity contribution in [3.8, 4) is 11.4 Å². The molecular weight excluding hydrogens is 450 g/mol. The summed E-state index contributed by atoms with van der Waals surface area (Å²) in [7, 11) is -3.25. The number of aromatic nitrogens is 5. The molecule has 5 heterocycles. The fourth-order valence-corrected chi connectivity index (χ4v) is 6.37. The molecule has 0 radical (unpaired) electrons. The lowest BCUT2D eigenvalue weighted by molar-refractivity contribution is 0.122. The highest BCUT2D eigenvalue weighted by Gasteiger charge is 2.35. The maximum Gasteiger partial charge on any atom is 0.214 e. The third-order valence-electron chi connectivity index (χ3n) is 5.73. The summed E-state index contributed by atoms with van der Waals surface area (Å²) >= 11 is 1.53. The van der Waals surface area contributed by atoms with Crippen molar-refractivity contribution in [2.45, 2.75) is 24.6 Å². The molecule has 2 aliphatic rings. The number of hydrogen-bond acceptors (Lipinski definition) is 9. The van der Waals surface area contributed by atoms with E-state index in [0.29, 0.717) is 19.0 Å². The minimum atomic E-state index is -3.25. The number of hydrogen-bond donors (Lipinski definition) is 2. The minimum absolute atomic E-state index is 0.241. The number of anilines is 1. The first-order valence-corrected chi connectivity index (χ1v) is 12.8. The minimum Gasteiger partial charge on any atom is -0.378 e. The molecule has 1 saturated heterocycles. The summed E-state index contributed by atoms with van der Waals surface area (Å²) in [6.45, 7) is 3.01. The van der Waals surface area contributed by atoms with Crippen molar-refractivity contribution in [1.82, 2.24) is 29.9 Å². The van der Waals surface area contributed by atoms with Gasteiger partial charge in [-0.1, -0.05) is 0 Å². The Bertz CT molecular complexity index is 1410. The van der Waals surface area contributed by atoms with Crippen LogP contribution in [-0.2, 0) is 21.3 Å². The van der Waals surface area contributed by atoms with Gasteiger partial charge < -0.3 is 9.64 Å². The zero-order valence-corrected chi connectivity index (χ0v) is 18.7. The third kappa shape index (κ3) is 3.62. The fourth-order valence-electron chi connectivity index (χ4n) is 3.87. The van der Waals surface area contributed by atoms with Gasteiger partial charge in [-0.15, -0.1) is 11.3 Å². The normalized spacial score (nSPS) is 17.4. The van der Waals surface area contributed by atoms with Gasteiger partial charge in [-0.3, -0.25) is 10.1 Å². The summed E-state index contributed by atoms with van der Waals surface area (Å²) in [5, 5.41) is 7.72. The number of aromatic amines is 1. The summed E-state index contributed by atoms with van der Waals surface area (Å²) in [6.07, 6.45) is 6.71. The molecule has 4 aromatic heterocycles. The smallest absolute Gasteiger partial charge is 0.214 e. The Hall–Kier alpha value is -2.67. The lowest BCUT2D eigenvalue weighted by Gasteiger charge is -2.28. The number of morpholine rings is 1. The van der Waals surface area contributed by atoms with Crippen LogP contribution >= 0.6 is 11.3 Å². The van der Waals surface area contributed by atoms with E-state index in [9.17, 15) is 8.42 Å². The molecular formula is C20H21N7O3S2.